The van der Waals surface area contributed by atoms with Gasteiger partial charge in [-0.3, -0.25) is 4.90 Å². The summed E-state index contributed by atoms with van der Waals surface area (Å²) in [5.74, 6) is -0.0714. The minimum absolute atomic E-state index is 0.00526. The third-order valence-electron chi connectivity index (χ3n) is 3.80. The summed E-state index contributed by atoms with van der Waals surface area (Å²) in [6.45, 7) is 7.73. The molecule has 1 fully saturated rings. The summed E-state index contributed by atoms with van der Waals surface area (Å²) in [5, 5.41) is 2.84. The highest BCUT2D eigenvalue weighted by atomic mass is 79.9. The highest BCUT2D eigenvalue weighted by molar-refractivity contribution is 9.10. The molecule has 0 bridgehead atoms. The van der Waals surface area contributed by atoms with Crippen molar-refractivity contribution in [3.63, 3.8) is 0 Å². The van der Waals surface area contributed by atoms with Gasteiger partial charge in [0.15, 0.2) is 0 Å². The van der Waals surface area contributed by atoms with E-state index in [1.54, 1.807) is 26.8 Å². The van der Waals surface area contributed by atoms with Crippen LogP contribution in [0.3, 0.4) is 0 Å². The molecule has 6 nitrogen and oxygen atoms in total. The van der Waals surface area contributed by atoms with Crippen molar-refractivity contribution < 1.29 is 32.2 Å². The molecule has 158 valence electrons. The zero-order valence-corrected chi connectivity index (χ0v) is 17.5. The Morgan fingerprint density at radius 3 is 2.68 bits per heavy atom. The van der Waals surface area contributed by atoms with Gasteiger partial charge in [-0.05, 0) is 55.3 Å². The van der Waals surface area contributed by atoms with Crippen LogP contribution in [0.15, 0.2) is 22.7 Å². The van der Waals surface area contributed by atoms with E-state index in [-0.39, 0.29) is 22.0 Å². The second-order valence-corrected chi connectivity index (χ2v) is 8.28. The maximum absolute atomic E-state index is 12.4. The number of rotatable bonds is 6. The van der Waals surface area contributed by atoms with Gasteiger partial charge in [0.05, 0.1) is 4.47 Å². The SMILES string of the molecule is CC(C)(C)OC(=O)NC1CCN(CCOc2ccc(Br)c(OC(F)(F)F)c2)C1. The Kier molecular flexibility index (Phi) is 7.44. The highest BCUT2D eigenvalue weighted by Gasteiger charge is 2.32. The van der Waals surface area contributed by atoms with Crippen molar-refractivity contribution >= 4 is 22.0 Å². The van der Waals surface area contributed by atoms with Gasteiger partial charge in [0, 0.05) is 31.7 Å². The fourth-order valence-electron chi connectivity index (χ4n) is 2.70. The fraction of sp³-hybridized carbons (Fsp3) is 0.611. The van der Waals surface area contributed by atoms with E-state index in [0.29, 0.717) is 19.7 Å². The third-order valence-corrected chi connectivity index (χ3v) is 4.45. The van der Waals surface area contributed by atoms with Crippen molar-refractivity contribution in [1.29, 1.82) is 0 Å². The van der Waals surface area contributed by atoms with Crippen molar-refractivity contribution in [2.45, 2.75) is 45.2 Å². The number of ether oxygens (including phenoxy) is 3. The Hall–Kier alpha value is -1.68. The van der Waals surface area contributed by atoms with E-state index in [9.17, 15) is 18.0 Å². The van der Waals surface area contributed by atoms with Gasteiger partial charge in [-0.2, -0.15) is 0 Å². The Morgan fingerprint density at radius 2 is 2.04 bits per heavy atom. The number of alkyl carbamates (subject to hydrolysis) is 1. The summed E-state index contributed by atoms with van der Waals surface area (Å²) in [7, 11) is 0. The minimum atomic E-state index is -4.77. The van der Waals surface area contributed by atoms with E-state index in [2.05, 4.69) is 30.9 Å². The smallest absolute Gasteiger partial charge is 0.492 e. The lowest BCUT2D eigenvalue weighted by Gasteiger charge is -2.22. The summed E-state index contributed by atoms with van der Waals surface area (Å²) in [6.07, 6.45) is -4.42. The van der Waals surface area contributed by atoms with Crippen molar-refractivity contribution in [2.75, 3.05) is 26.2 Å². The monoisotopic (exact) mass is 468 g/mol. The first-order valence-corrected chi connectivity index (χ1v) is 9.60. The minimum Gasteiger partial charge on any atom is -0.492 e. The number of nitrogens with zero attached hydrogens (tertiary/aromatic N) is 1. The molecule has 1 aliphatic rings. The van der Waals surface area contributed by atoms with Gasteiger partial charge in [-0.25, -0.2) is 4.79 Å². The lowest BCUT2D eigenvalue weighted by molar-refractivity contribution is -0.274. The molecule has 0 aromatic heterocycles. The second-order valence-electron chi connectivity index (χ2n) is 7.42. The van der Waals surface area contributed by atoms with Crippen molar-refractivity contribution in [3.8, 4) is 11.5 Å². The first-order chi connectivity index (χ1) is 12.9. The maximum atomic E-state index is 12.4. The average molecular weight is 469 g/mol. The molecule has 0 radical (unpaired) electrons. The maximum Gasteiger partial charge on any atom is 0.573 e. The number of hydrogen-bond acceptors (Lipinski definition) is 5. The fourth-order valence-corrected chi connectivity index (χ4v) is 3.02. The molecule has 1 N–H and O–H groups in total. The average Bonchev–Trinajstić information content (AvgIpc) is 2.94. The van der Waals surface area contributed by atoms with Gasteiger partial charge in [-0.15, -0.1) is 13.2 Å². The molecule has 0 spiro atoms. The van der Waals surface area contributed by atoms with Crippen LogP contribution >= 0.6 is 15.9 Å². The predicted octanol–water partition coefficient (Wildman–Crippen LogP) is 4.33. The van der Waals surface area contributed by atoms with Gasteiger partial charge < -0.3 is 19.5 Å². The molecular formula is C18H24BrF3N2O4. The van der Waals surface area contributed by atoms with Gasteiger partial charge >= 0.3 is 12.5 Å². The lowest BCUT2D eigenvalue weighted by Crippen LogP contribution is -2.40. The van der Waals surface area contributed by atoms with Crippen LogP contribution in [0.2, 0.25) is 0 Å². The number of halogens is 4. The van der Waals surface area contributed by atoms with Gasteiger partial charge in [0.1, 0.15) is 23.7 Å². The summed E-state index contributed by atoms with van der Waals surface area (Å²) in [6, 6.07) is 4.18. The van der Waals surface area contributed by atoms with Crippen LogP contribution in [-0.2, 0) is 4.74 Å². The number of carbonyl (C=O) groups excluding carboxylic acids is 1. The molecule has 0 saturated carbocycles. The number of likely N-dealkylation sites (tertiary alicyclic amines) is 1. The van der Waals surface area contributed by atoms with E-state index in [0.717, 1.165) is 13.0 Å². The molecule has 1 atom stereocenters. The molecule has 1 aliphatic heterocycles. The summed E-state index contributed by atoms with van der Waals surface area (Å²) in [4.78, 5) is 13.9. The van der Waals surface area contributed by atoms with E-state index in [1.807, 2.05) is 0 Å². The molecule has 1 unspecified atom stereocenters. The molecule has 1 aromatic carbocycles. The van der Waals surface area contributed by atoms with Crippen LogP contribution in [0.25, 0.3) is 0 Å². The molecule has 1 saturated heterocycles. The highest BCUT2D eigenvalue weighted by Crippen LogP contribution is 2.33. The van der Waals surface area contributed by atoms with Crippen LogP contribution in [0, 0.1) is 0 Å². The number of alkyl halides is 3. The first kappa shape index (κ1) is 22.6. The molecule has 28 heavy (non-hydrogen) atoms. The van der Waals surface area contributed by atoms with Crippen molar-refractivity contribution in [2.24, 2.45) is 0 Å². The zero-order valence-electron chi connectivity index (χ0n) is 15.9. The summed E-state index contributed by atoms with van der Waals surface area (Å²) >= 11 is 3.02. The summed E-state index contributed by atoms with van der Waals surface area (Å²) in [5.41, 5.74) is -0.546. The largest absolute Gasteiger partial charge is 0.573 e. The second kappa shape index (κ2) is 9.21. The van der Waals surface area contributed by atoms with E-state index in [4.69, 9.17) is 9.47 Å². The first-order valence-electron chi connectivity index (χ1n) is 8.81. The molecule has 1 amide bonds. The predicted molar refractivity (Wildman–Crippen MR) is 101 cm³/mol. The number of amides is 1. The van der Waals surface area contributed by atoms with Crippen LogP contribution in [0.1, 0.15) is 27.2 Å². The van der Waals surface area contributed by atoms with Crippen LogP contribution in [-0.4, -0.2) is 55.2 Å². The van der Waals surface area contributed by atoms with Crippen LogP contribution in [0.4, 0.5) is 18.0 Å². The Labute approximate surface area is 170 Å². The topological polar surface area (TPSA) is 60.0 Å². The Bertz CT molecular complexity index is 680. The number of benzene rings is 1. The van der Waals surface area contributed by atoms with Crippen molar-refractivity contribution in [3.05, 3.63) is 22.7 Å². The molecule has 1 heterocycles. The van der Waals surface area contributed by atoms with Gasteiger partial charge in [0.2, 0.25) is 0 Å². The van der Waals surface area contributed by atoms with Crippen LogP contribution in [0.5, 0.6) is 11.5 Å². The normalized spacial score (nSPS) is 18.0. The van der Waals surface area contributed by atoms with Gasteiger partial charge in [0.25, 0.3) is 0 Å². The number of carbonyl (C=O) groups is 1. The van der Waals surface area contributed by atoms with Crippen molar-refractivity contribution in [1.82, 2.24) is 10.2 Å². The Balaban J connectivity index is 1.75. The quantitative estimate of drug-likeness (QED) is 0.673. The van der Waals surface area contributed by atoms with E-state index >= 15 is 0 Å². The molecule has 10 heteroatoms. The Morgan fingerprint density at radius 1 is 1.32 bits per heavy atom. The van der Waals surface area contributed by atoms with Gasteiger partial charge in [-0.1, -0.05) is 0 Å². The van der Waals surface area contributed by atoms with E-state index < -0.39 is 18.1 Å². The number of hydrogen-bond donors (Lipinski definition) is 1. The van der Waals surface area contributed by atoms with Crippen LogP contribution < -0.4 is 14.8 Å². The molecular weight excluding hydrogens is 445 g/mol. The van der Waals surface area contributed by atoms with E-state index in [1.165, 1.54) is 12.1 Å². The lowest BCUT2D eigenvalue weighted by atomic mass is 10.2. The summed E-state index contributed by atoms with van der Waals surface area (Å²) < 4.78 is 52.1. The zero-order chi connectivity index (χ0) is 20.9. The molecule has 1 aromatic rings. The standard InChI is InChI=1S/C18H24BrF3N2O4/c1-17(2,3)28-16(25)23-12-6-7-24(11-12)8-9-26-13-4-5-14(19)15(10-13)27-18(20,21)22/h4-5,10,12H,6-9,11H2,1-3H3,(H,23,25). The number of nitrogens with one attached hydrogen (secondary N) is 1. The molecule has 2 rings (SSSR count). The third kappa shape index (κ3) is 8.14. The molecule has 0 aliphatic carbocycles.